The summed E-state index contributed by atoms with van der Waals surface area (Å²) in [6.45, 7) is 6.84. The second kappa shape index (κ2) is 4.35. The van der Waals surface area contributed by atoms with Gasteiger partial charge in [0.25, 0.3) is 0 Å². The zero-order valence-corrected chi connectivity index (χ0v) is 10.3. The van der Waals surface area contributed by atoms with Crippen molar-refractivity contribution in [2.45, 2.75) is 38.7 Å². The van der Waals surface area contributed by atoms with Gasteiger partial charge in [-0.15, -0.1) is 0 Å². The van der Waals surface area contributed by atoms with Gasteiger partial charge in [0.15, 0.2) is 5.82 Å². The van der Waals surface area contributed by atoms with Crippen LogP contribution in [0.25, 0.3) is 0 Å². The minimum Gasteiger partial charge on any atom is -0.444 e. The lowest BCUT2D eigenvalue weighted by molar-refractivity contribution is 0.0292. The second-order valence-electron chi connectivity index (χ2n) is 5.20. The Balaban J connectivity index is 1.92. The Morgan fingerprint density at radius 1 is 1.59 bits per heavy atom. The van der Waals surface area contributed by atoms with Crippen molar-refractivity contribution in [2.75, 3.05) is 13.1 Å². The summed E-state index contributed by atoms with van der Waals surface area (Å²) in [7, 11) is 0. The maximum Gasteiger partial charge on any atom is 0.410 e. The van der Waals surface area contributed by atoms with Gasteiger partial charge in [-0.05, 0) is 27.2 Å². The van der Waals surface area contributed by atoms with E-state index in [1.54, 1.807) is 4.90 Å². The number of nitrogens with zero attached hydrogens (tertiary/aromatic N) is 3. The maximum atomic E-state index is 11.8. The predicted octanol–water partition coefficient (Wildman–Crippen LogP) is 1.79. The zero-order valence-electron chi connectivity index (χ0n) is 10.3. The number of hydrogen-bond donors (Lipinski definition) is 0. The number of amides is 1. The van der Waals surface area contributed by atoms with Crippen molar-refractivity contribution < 1.29 is 14.1 Å². The number of hydrogen-bond acceptors (Lipinski definition) is 5. The fourth-order valence-corrected chi connectivity index (χ4v) is 1.82. The minimum absolute atomic E-state index is 0.154. The van der Waals surface area contributed by atoms with Crippen molar-refractivity contribution in [3.05, 3.63) is 12.2 Å². The van der Waals surface area contributed by atoms with Crippen LogP contribution in [0, 0.1) is 0 Å². The molecule has 0 saturated carbocycles. The average Bonchev–Trinajstić information content (AvgIpc) is 2.86. The second-order valence-corrected chi connectivity index (χ2v) is 5.20. The van der Waals surface area contributed by atoms with Crippen LogP contribution in [-0.2, 0) is 4.74 Å². The van der Waals surface area contributed by atoms with Gasteiger partial charge >= 0.3 is 6.09 Å². The molecule has 1 aromatic heterocycles. The molecule has 6 nitrogen and oxygen atoms in total. The van der Waals surface area contributed by atoms with Gasteiger partial charge in [-0.2, -0.15) is 4.98 Å². The minimum atomic E-state index is -0.457. The number of likely N-dealkylation sites (tertiary alicyclic amines) is 1. The summed E-state index contributed by atoms with van der Waals surface area (Å²) in [5.41, 5.74) is -0.457. The molecule has 2 heterocycles. The lowest BCUT2D eigenvalue weighted by Gasteiger charge is -2.24. The third-order valence-electron chi connectivity index (χ3n) is 2.58. The van der Waals surface area contributed by atoms with Gasteiger partial charge in [-0.25, -0.2) is 4.79 Å². The molecule has 17 heavy (non-hydrogen) atoms. The average molecular weight is 239 g/mol. The summed E-state index contributed by atoms with van der Waals surface area (Å²) in [6.07, 6.45) is 1.88. The summed E-state index contributed by atoms with van der Waals surface area (Å²) < 4.78 is 10.0. The highest BCUT2D eigenvalue weighted by Gasteiger charge is 2.32. The highest BCUT2D eigenvalue weighted by Crippen LogP contribution is 2.25. The molecule has 1 aromatic rings. The van der Waals surface area contributed by atoms with E-state index in [0.717, 1.165) is 6.42 Å². The van der Waals surface area contributed by atoms with Gasteiger partial charge in [-0.1, -0.05) is 5.16 Å². The molecule has 1 fully saturated rings. The summed E-state index contributed by atoms with van der Waals surface area (Å²) in [6, 6.07) is 0. The smallest absolute Gasteiger partial charge is 0.410 e. The number of ether oxygens (including phenoxy) is 1. The molecule has 0 N–H and O–H groups in total. The van der Waals surface area contributed by atoms with Crippen molar-refractivity contribution in [2.24, 2.45) is 0 Å². The normalized spacial score (nSPS) is 20.6. The fourth-order valence-electron chi connectivity index (χ4n) is 1.82. The third kappa shape index (κ3) is 2.95. The van der Waals surface area contributed by atoms with Crippen LogP contribution < -0.4 is 0 Å². The van der Waals surface area contributed by atoms with Crippen molar-refractivity contribution in [3.8, 4) is 0 Å². The van der Waals surface area contributed by atoms with Crippen molar-refractivity contribution >= 4 is 6.09 Å². The first-order chi connectivity index (χ1) is 7.96. The lowest BCUT2D eigenvalue weighted by Crippen LogP contribution is -2.35. The first-order valence-corrected chi connectivity index (χ1v) is 5.70. The van der Waals surface area contributed by atoms with Crippen LogP contribution in [0.2, 0.25) is 0 Å². The van der Waals surface area contributed by atoms with E-state index in [0.29, 0.717) is 18.9 Å². The molecule has 0 bridgehead atoms. The monoisotopic (exact) mass is 239 g/mol. The van der Waals surface area contributed by atoms with Crippen molar-refractivity contribution in [1.82, 2.24) is 15.0 Å². The van der Waals surface area contributed by atoms with Crippen LogP contribution in [0.5, 0.6) is 0 Å². The Kier molecular flexibility index (Phi) is 3.04. The number of aromatic nitrogens is 2. The Morgan fingerprint density at radius 2 is 2.35 bits per heavy atom. The highest BCUT2D eigenvalue weighted by molar-refractivity contribution is 5.68. The van der Waals surface area contributed by atoms with Crippen LogP contribution in [0.15, 0.2) is 10.9 Å². The first kappa shape index (κ1) is 11.9. The van der Waals surface area contributed by atoms with E-state index in [1.165, 1.54) is 6.39 Å². The number of carbonyl (C=O) groups is 1. The van der Waals surface area contributed by atoms with E-state index in [1.807, 2.05) is 20.8 Å². The highest BCUT2D eigenvalue weighted by atomic mass is 16.6. The molecule has 0 radical (unpaired) electrons. The number of carbonyl (C=O) groups excluding carboxylic acids is 1. The molecule has 1 saturated heterocycles. The Morgan fingerprint density at radius 3 is 2.94 bits per heavy atom. The Labute approximate surface area is 99.9 Å². The molecule has 1 aliphatic rings. The fraction of sp³-hybridized carbons (Fsp3) is 0.727. The molecule has 6 heteroatoms. The van der Waals surface area contributed by atoms with Gasteiger partial charge in [0, 0.05) is 19.0 Å². The standard InChI is InChI=1S/C11H17N3O3/c1-11(2,3)17-10(15)14-5-4-8(6-14)9-12-7-16-13-9/h7-8H,4-6H2,1-3H3. The lowest BCUT2D eigenvalue weighted by atomic mass is 10.1. The van der Waals surface area contributed by atoms with Crippen LogP contribution in [0.4, 0.5) is 4.79 Å². The van der Waals surface area contributed by atoms with E-state index in [4.69, 9.17) is 9.26 Å². The quantitative estimate of drug-likeness (QED) is 0.747. The van der Waals surface area contributed by atoms with Crippen LogP contribution >= 0.6 is 0 Å². The Bertz CT molecular complexity index is 383. The third-order valence-corrected chi connectivity index (χ3v) is 2.58. The molecule has 1 atom stereocenters. The molecule has 1 aliphatic heterocycles. The zero-order chi connectivity index (χ0) is 12.5. The van der Waals surface area contributed by atoms with Gasteiger partial charge < -0.3 is 14.2 Å². The van der Waals surface area contributed by atoms with E-state index in [9.17, 15) is 4.79 Å². The van der Waals surface area contributed by atoms with Gasteiger partial charge in [0.1, 0.15) is 5.60 Å². The molecule has 0 aromatic carbocycles. The summed E-state index contributed by atoms with van der Waals surface area (Å²) in [4.78, 5) is 17.5. The van der Waals surface area contributed by atoms with E-state index in [-0.39, 0.29) is 12.0 Å². The van der Waals surface area contributed by atoms with Gasteiger partial charge in [-0.3, -0.25) is 0 Å². The molecule has 0 aliphatic carbocycles. The molecule has 1 amide bonds. The van der Waals surface area contributed by atoms with Crippen LogP contribution in [-0.4, -0.2) is 39.8 Å². The molecular formula is C11H17N3O3. The Hall–Kier alpha value is -1.59. The van der Waals surface area contributed by atoms with Crippen molar-refractivity contribution in [3.63, 3.8) is 0 Å². The summed E-state index contributed by atoms with van der Waals surface area (Å²) in [5, 5.41) is 3.80. The van der Waals surface area contributed by atoms with Gasteiger partial charge in [0.2, 0.25) is 6.39 Å². The number of rotatable bonds is 1. The van der Waals surface area contributed by atoms with Crippen LogP contribution in [0.3, 0.4) is 0 Å². The first-order valence-electron chi connectivity index (χ1n) is 5.70. The van der Waals surface area contributed by atoms with E-state index < -0.39 is 5.60 Å². The summed E-state index contributed by atoms with van der Waals surface area (Å²) in [5.74, 6) is 0.817. The molecule has 1 unspecified atom stereocenters. The topological polar surface area (TPSA) is 68.5 Å². The summed E-state index contributed by atoms with van der Waals surface area (Å²) >= 11 is 0. The van der Waals surface area contributed by atoms with E-state index in [2.05, 4.69) is 10.1 Å². The van der Waals surface area contributed by atoms with Gasteiger partial charge in [0.05, 0.1) is 0 Å². The molecule has 0 spiro atoms. The maximum absolute atomic E-state index is 11.8. The van der Waals surface area contributed by atoms with Crippen molar-refractivity contribution in [1.29, 1.82) is 0 Å². The molecule has 94 valence electrons. The predicted molar refractivity (Wildman–Crippen MR) is 59.5 cm³/mol. The molecular weight excluding hydrogens is 222 g/mol. The SMILES string of the molecule is CC(C)(C)OC(=O)N1CCC(c2ncon2)C1. The van der Waals surface area contributed by atoms with E-state index >= 15 is 0 Å². The van der Waals surface area contributed by atoms with Crippen LogP contribution in [0.1, 0.15) is 38.9 Å². The molecule has 2 rings (SSSR count). The largest absolute Gasteiger partial charge is 0.444 e.